The molecule has 1 aliphatic carbocycles. The molecule has 7 nitrogen and oxygen atoms in total. The van der Waals surface area contributed by atoms with E-state index in [9.17, 15) is 14.4 Å². The molecule has 0 unspecified atom stereocenters. The number of hydrogen-bond donors (Lipinski definition) is 1. The van der Waals surface area contributed by atoms with Gasteiger partial charge < -0.3 is 19.7 Å². The first-order valence-electron chi connectivity index (χ1n) is 9.49. The molecule has 7 heteroatoms. The molecule has 1 aliphatic heterocycles. The molecule has 1 saturated carbocycles. The Kier molecular flexibility index (Phi) is 6.53. The van der Waals surface area contributed by atoms with E-state index < -0.39 is 29.6 Å². The number of amides is 2. The fourth-order valence-electron chi connectivity index (χ4n) is 3.77. The highest BCUT2D eigenvalue weighted by atomic mass is 16.6. The summed E-state index contributed by atoms with van der Waals surface area (Å²) in [5.41, 5.74) is -0.516. The van der Waals surface area contributed by atoms with Gasteiger partial charge in [-0.2, -0.15) is 0 Å². The Balaban J connectivity index is 0.00000364. The minimum Gasteiger partial charge on any atom is -0.467 e. The van der Waals surface area contributed by atoms with E-state index in [1.807, 2.05) is 27.7 Å². The van der Waals surface area contributed by atoms with E-state index >= 15 is 0 Å². The molecule has 0 aromatic heterocycles. The summed E-state index contributed by atoms with van der Waals surface area (Å²) < 4.78 is 10.3. The second-order valence-electron chi connectivity index (χ2n) is 8.63. The Morgan fingerprint density at radius 1 is 1.19 bits per heavy atom. The first kappa shape index (κ1) is 20.5. The smallest absolute Gasteiger partial charge is 0.408 e. The number of rotatable bonds is 4. The summed E-state index contributed by atoms with van der Waals surface area (Å²) in [6.07, 6.45) is 3.80. The maximum absolute atomic E-state index is 13.2. The van der Waals surface area contributed by atoms with Gasteiger partial charge >= 0.3 is 12.1 Å². The van der Waals surface area contributed by atoms with Crippen LogP contribution in [0.25, 0.3) is 0 Å². The maximum Gasteiger partial charge on any atom is 0.408 e. The molecule has 1 N–H and O–H groups in total. The highest BCUT2D eigenvalue weighted by molar-refractivity contribution is 5.90. The van der Waals surface area contributed by atoms with Crippen molar-refractivity contribution in [2.45, 2.75) is 78.0 Å². The van der Waals surface area contributed by atoms with Crippen LogP contribution in [0.4, 0.5) is 4.79 Å². The van der Waals surface area contributed by atoms with Gasteiger partial charge in [0, 0.05) is 7.97 Å². The molecule has 150 valence electrons. The minimum atomic E-state index is -0.770. The van der Waals surface area contributed by atoms with Crippen molar-refractivity contribution < 1.29 is 25.3 Å². The third kappa shape index (κ3) is 4.89. The Morgan fingerprint density at radius 3 is 2.35 bits per heavy atom. The van der Waals surface area contributed by atoms with Crippen molar-refractivity contribution in [2.75, 3.05) is 13.7 Å². The van der Waals surface area contributed by atoms with Crippen LogP contribution in [-0.2, 0) is 19.1 Å². The molecule has 2 rings (SSSR count). The van der Waals surface area contributed by atoms with E-state index in [0.717, 1.165) is 25.7 Å². The van der Waals surface area contributed by atoms with E-state index in [-0.39, 0.29) is 19.4 Å². The lowest BCUT2D eigenvalue weighted by atomic mass is 9.85. The molecule has 2 amide bonds. The molecule has 2 fully saturated rings. The van der Waals surface area contributed by atoms with Crippen molar-refractivity contribution >= 4 is 18.0 Å². The lowest BCUT2D eigenvalue weighted by molar-refractivity contribution is -0.152. The third-order valence-corrected chi connectivity index (χ3v) is 5.22. The van der Waals surface area contributed by atoms with Gasteiger partial charge in [0.05, 0.1) is 7.11 Å². The number of methoxy groups -OCH3 is 1. The number of alkyl carbamates (subject to hydrolysis) is 1. The number of ether oxygens (including phenoxy) is 2. The summed E-state index contributed by atoms with van der Waals surface area (Å²) in [6.45, 7) is 8.13. The van der Waals surface area contributed by atoms with Crippen molar-refractivity contribution in [1.29, 1.82) is 0 Å². The van der Waals surface area contributed by atoms with E-state index in [1.165, 1.54) is 7.11 Å². The monoisotopic (exact) mass is 370 g/mol. The predicted molar refractivity (Wildman–Crippen MR) is 98.5 cm³/mol. The summed E-state index contributed by atoms with van der Waals surface area (Å²) >= 11 is 0. The van der Waals surface area contributed by atoms with Crippen molar-refractivity contribution in [3.63, 3.8) is 0 Å². The van der Waals surface area contributed by atoms with Crippen LogP contribution in [0.1, 0.15) is 61.2 Å². The molecule has 3 atom stereocenters. The van der Waals surface area contributed by atoms with Gasteiger partial charge in [0.15, 0.2) is 0 Å². The topological polar surface area (TPSA) is 84.9 Å². The Bertz CT molecular complexity index is 543. The number of nitrogens with zero attached hydrogens (tertiary/aromatic N) is 1. The van der Waals surface area contributed by atoms with E-state index in [1.54, 1.807) is 4.90 Å². The lowest BCUT2D eigenvalue weighted by Gasteiger charge is -2.35. The number of carbonyl (C=O) groups excluding carboxylic acids is 3. The standard InChI is InChI=1S/C19H32N2O5.H2/c1-12-10-14(17(23)25-5)21(11-12)16(22)15(19(2,3)4)20-18(24)26-13-8-6-7-9-13;/h12-15H,6-11H2,1-5H3,(H,20,24);1H/t12-,14-,15+;/m0./s1. The first-order valence-corrected chi connectivity index (χ1v) is 9.49. The van der Waals surface area contributed by atoms with Gasteiger partial charge in [-0.3, -0.25) is 4.79 Å². The fourth-order valence-corrected chi connectivity index (χ4v) is 3.77. The van der Waals surface area contributed by atoms with Crippen LogP contribution in [0.15, 0.2) is 0 Å². The van der Waals surface area contributed by atoms with Crippen molar-refractivity contribution in [1.82, 2.24) is 10.2 Å². The second-order valence-corrected chi connectivity index (χ2v) is 8.63. The van der Waals surface area contributed by atoms with Crippen LogP contribution in [-0.4, -0.2) is 54.7 Å². The second kappa shape index (κ2) is 8.27. The minimum absolute atomic E-state index is 0. The molecule has 0 spiro atoms. The van der Waals surface area contributed by atoms with Crippen LogP contribution >= 0.6 is 0 Å². The van der Waals surface area contributed by atoms with Crippen molar-refractivity contribution in [3.8, 4) is 0 Å². The average Bonchev–Trinajstić information content (AvgIpc) is 3.19. The van der Waals surface area contributed by atoms with Crippen LogP contribution in [0.5, 0.6) is 0 Å². The van der Waals surface area contributed by atoms with Crippen LogP contribution in [0.3, 0.4) is 0 Å². The Hall–Kier alpha value is -1.79. The summed E-state index contributed by atoms with van der Waals surface area (Å²) in [4.78, 5) is 39.1. The fraction of sp³-hybridized carbons (Fsp3) is 0.842. The van der Waals surface area contributed by atoms with Gasteiger partial charge in [-0.1, -0.05) is 27.7 Å². The van der Waals surface area contributed by atoms with E-state index in [4.69, 9.17) is 9.47 Å². The van der Waals surface area contributed by atoms with E-state index in [0.29, 0.717) is 13.0 Å². The lowest BCUT2D eigenvalue weighted by Crippen LogP contribution is -2.57. The molecule has 0 aromatic rings. The van der Waals surface area contributed by atoms with Gasteiger partial charge in [0.25, 0.3) is 0 Å². The molecular formula is C19H34N2O5. The zero-order valence-corrected chi connectivity index (χ0v) is 16.5. The highest BCUT2D eigenvalue weighted by Crippen LogP contribution is 2.29. The van der Waals surface area contributed by atoms with Crippen molar-refractivity contribution in [2.24, 2.45) is 11.3 Å². The van der Waals surface area contributed by atoms with Gasteiger partial charge in [-0.15, -0.1) is 0 Å². The van der Waals surface area contributed by atoms with Gasteiger partial charge in [-0.05, 0) is 43.4 Å². The molecule has 26 heavy (non-hydrogen) atoms. The number of hydrogen-bond acceptors (Lipinski definition) is 5. The first-order chi connectivity index (χ1) is 12.1. The zero-order valence-electron chi connectivity index (χ0n) is 16.5. The van der Waals surface area contributed by atoms with Gasteiger partial charge in [-0.25, -0.2) is 9.59 Å². The molecule has 1 saturated heterocycles. The predicted octanol–water partition coefficient (Wildman–Crippen LogP) is 2.73. The largest absolute Gasteiger partial charge is 0.467 e. The SMILES string of the molecule is COC(=O)[C@@H]1C[C@H](C)CN1C(=O)[C@@H](NC(=O)OC1CCCC1)C(C)(C)C.[HH]. The number of likely N-dealkylation sites (tertiary alicyclic amines) is 1. The summed E-state index contributed by atoms with van der Waals surface area (Å²) in [6, 6.07) is -1.37. The van der Waals surface area contributed by atoms with Crippen molar-refractivity contribution in [3.05, 3.63) is 0 Å². The number of carbonyl (C=O) groups is 3. The molecule has 0 aromatic carbocycles. The summed E-state index contributed by atoms with van der Waals surface area (Å²) in [5, 5.41) is 2.75. The van der Waals surface area contributed by atoms with Gasteiger partial charge in [0.1, 0.15) is 18.2 Å². The normalized spacial score (nSPS) is 25.0. The van der Waals surface area contributed by atoms with E-state index in [2.05, 4.69) is 5.32 Å². The Morgan fingerprint density at radius 2 is 1.81 bits per heavy atom. The molecule has 0 radical (unpaired) electrons. The van der Waals surface area contributed by atoms with Gasteiger partial charge in [0.2, 0.25) is 5.91 Å². The average molecular weight is 370 g/mol. The van der Waals surface area contributed by atoms with Crippen LogP contribution in [0.2, 0.25) is 0 Å². The van der Waals surface area contributed by atoms with Crippen LogP contribution in [0, 0.1) is 11.3 Å². The van der Waals surface area contributed by atoms with Crippen LogP contribution < -0.4 is 5.32 Å². The molecule has 2 aliphatic rings. The number of nitrogens with one attached hydrogen (secondary N) is 1. The molecule has 0 bridgehead atoms. The number of esters is 1. The quantitative estimate of drug-likeness (QED) is 0.769. The Labute approximate surface area is 157 Å². The summed E-state index contributed by atoms with van der Waals surface area (Å²) in [7, 11) is 1.33. The molecular weight excluding hydrogens is 336 g/mol. The highest BCUT2D eigenvalue weighted by Gasteiger charge is 2.44. The summed E-state index contributed by atoms with van der Waals surface area (Å²) in [5.74, 6) is -0.473. The zero-order chi connectivity index (χ0) is 19.5. The molecule has 1 heterocycles. The third-order valence-electron chi connectivity index (χ3n) is 5.22. The maximum atomic E-state index is 13.2.